The Hall–Kier alpha value is -2.33. The number of ether oxygens (including phenoxy) is 3. The molecule has 0 heterocycles. The third-order valence-electron chi connectivity index (χ3n) is 2.89. The molecule has 0 unspecified atom stereocenters. The van der Waals surface area contributed by atoms with Gasteiger partial charge in [-0.1, -0.05) is 30.3 Å². The Balaban J connectivity index is 2.57. The second-order valence-corrected chi connectivity index (χ2v) is 4.09. The molecule has 20 heavy (non-hydrogen) atoms. The Bertz CT molecular complexity index is 593. The van der Waals surface area contributed by atoms with E-state index in [-0.39, 0.29) is 6.79 Å². The lowest BCUT2D eigenvalue weighted by atomic mass is 10.0. The van der Waals surface area contributed by atoms with Crippen molar-refractivity contribution in [2.45, 2.75) is 0 Å². The minimum atomic E-state index is 0.0764. The summed E-state index contributed by atoms with van der Waals surface area (Å²) in [4.78, 5) is 11.2. The summed E-state index contributed by atoms with van der Waals surface area (Å²) in [6.45, 7) is 0.0764. The normalized spacial score (nSPS) is 10.1. The van der Waals surface area contributed by atoms with Gasteiger partial charge in [0.15, 0.2) is 13.1 Å². The van der Waals surface area contributed by atoms with Crippen LogP contribution in [0.5, 0.6) is 11.5 Å². The summed E-state index contributed by atoms with van der Waals surface area (Å²) in [5.74, 6) is 1.21. The van der Waals surface area contributed by atoms with Crippen LogP contribution in [0.1, 0.15) is 10.4 Å². The van der Waals surface area contributed by atoms with Crippen LogP contribution in [-0.4, -0.2) is 27.3 Å². The number of carbonyl (C=O) groups is 1. The highest BCUT2D eigenvalue weighted by Crippen LogP contribution is 2.37. The molecule has 2 rings (SSSR count). The molecule has 2 aromatic rings. The molecule has 104 valence electrons. The number of hydrogen-bond acceptors (Lipinski definition) is 4. The SMILES string of the molecule is COCOc1c(C=O)cccc1-c1ccccc1OC. The molecule has 0 N–H and O–H groups in total. The predicted molar refractivity (Wildman–Crippen MR) is 76.3 cm³/mol. The molecule has 0 saturated carbocycles. The van der Waals surface area contributed by atoms with Crippen LogP contribution in [0.2, 0.25) is 0 Å². The Morgan fingerprint density at radius 1 is 1.00 bits per heavy atom. The standard InChI is InChI=1S/C16H16O4/c1-18-11-20-16-12(10-17)6-5-8-14(16)13-7-3-4-9-15(13)19-2/h3-10H,11H2,1-2H3. The highest BCUT2D eigenvalue weighted by Gasteiger charge is 2.14. The summed E-state index contributed by atoms with van der Waals surface area (Å²) >= 11 is 0. The summed E-state index contributed by atoms with van der Waals surface area (Å²) < 4.78 is 15.8. The van der Waals surface area contributed by atoms with Crippen molar-refractivity contribution in [2.24, 2.45) is 0 Å². The first-order valence-electron chi connectivity index (χ1n) is 6.15. The fourth-order valence-electron chi connectivity index (χ4n) is 2.01. The van der Waals surface area contributed by atoms with Crippen LogP contribution in [0.3, 0.4) is 0 Å². The van der Waals surface area contributed by atoms with E-state index in [0.29, 0.717) is 11.3 Å². The van der Waals surface area contributed by atoms with Gasteiger partial charge >= 0.3 is 0 Å². The average molecular weight is 272 g/mol. The summed E-state index contributed by atoms with van der Waals surface area (Å²) in [6, 6.07) is 13.0. The third kappa shape index (κ3) is 2.81. The second-order valence-electron chi connectivity index (χ2n) is 4.09. The summed E-state index contributed by atoms with van der Waals surface area (Å²) in [7, 11) is 3.14. The second kappa shape index (κ2) is 6.73. The summed E-state index contributed by atoms with van der Waals surface area (Å²) in [5, 5.41) is 0. The van der Waals surface area contributed by atoms with Crippen LogP contribution < -0.4 is 9.47 Å². The zero-order valence-corrected chi connectivity index (χ0v) is 11.5. The first kappa shape index (κ1) is 14.1. The maximum absolute atomic E-state index is 11.2. The highest BCUT2D eigenvalue weighted by atomic mass is 16.7. The van der Waals surface area contributed by atoms with Crippen molar-refractivity contribution in [1.29, 1.82) is 0 Å². The lowest BCUT2D eigenvalue weighted by Gasteiger charge is -2.15. The lowest BCUT2D eigenvalue weighted by Crippen LogP contribution is -2.03. The average Bonchev–Trinajstić information content (AvgIpc) is 2.52. The molecule has 0 bridgehead atoms. The zero-order valence-electron chi connectivity index (χ0n) is 11.5. The molecule has 0 aromatic heterocycles. The maximum Gasteiger partial charge on any atom is 0.188 e. The molecular formula is C16H16O4. The summed E-state index contributed by atoms with van der Waals surface area (Å²) in [6.07, 6.45) is 0.768. The molecule has 0 saturated heterocycles. The number of benzene rings is 2. The van der Waals surface area contributed by atoms with Gasteiger partial charge in [0.2, 0.25) is 0 Å². The Morgan fingerprint density at radius 2 is 1.75 bits per heavy atom. The number of hydrogen-bond donors (Lipinski definition) is 0. The maximum atomic E-state index is 11.2. The van der Waals surface area contributed by atoms with Gasteiger partial charge in [-0.25, -0.2) is 0 Å². The first-order chi connectivity index (χ1) is 9.81. The Kier molecular flexibility index (Phi) is 4.74. The Morgan fingerprint density at radius 3 is 2.45 bits per heavy atom. The monoisotopic (exact) mass is 272 g/mol. The van der Waals surface area contributed by atoms with Crippen LogP contribution in [0.25, 0.3) is 11.1 Å². The van der Waals surface area contributed by atoms with E-state index in [2.05, 4.69) is 0 Å². The molecule has 0 radical (unpaired) electrons. The van der Waals surface area contributed by atoms with Crippen LogP contribution >= 0.6 is 0 Å². The van der Waals surface area contributed by atoms with Crippen molar-refractivity contribution in [3.8, 4) is 22.6 Å². The van der Waals surface area contributed by atoms with Gasteiger partial charge < -0.3 is 14.2 Å². The molecular weight excluding hydrogens is 256 g/mol. The number of carbonyl (C=O) groups excluding carboxylic acids is 1. The molecule has 0 amide bonds. The smallest absolute Gasteiger partial charge is 0.188 e. The number of para-hydroxylation sites is 2. The molecule has 0 aliphatic rings. The number of rotatable bonds is 6. The van der Waals surface area contributed by atoms with E-state index in [1.54, 1.807) is 13.2 Å². The molecule has 0 atom stereocenters. The number of aldehydes is 1. The van der Waals surface area contributed by atoms with E-state index in [1.165, 1.54) is 7.11 Å². The van der Waals surface area contributed by atoms with Crippen molar-refractivity contribution in [1.82, 2.24) is 0 Å². The van der Waals surface area contributed by atoms with Gasteiger partial charge in [0, 0.05) is 18.2 Å². The van der Waals surface area contributed by atoms with E-state index in [4.69, 9.17) is 14.2 Å². The topological polar surface area (TPSA) is 44.8 Å². The zero-order chi connectivity index (χ0) is 14.4. The van der Waals surface area contributed by atoms with Crippen LogP contribution in [0.15, 0.2) is 42.5 Å². The quantitative estimate of drug-likeness (QED) is 0.598. The van der Waals surface area contributed by atoms with E-state index < -0.39 is 0 Å². The lowest BCUT2D eigenvalue weighted by molar-refractivity contribution is 0.0509. The van der Waals surface area contributed by atoms with Gasteiger partial charge in [-0.3, -0.25) is 4.79 Å². The third-order valence-corrected chi connectivity index (χ3v) is 2.89. The van der Waals surface area contributed by atoms with Crippen molar-refractivity contribution < 1.29 is 19.0 Å². The minimum Gasteiger partial charge on any atom is -0.496 e. The van der Waals surface area contributed by atoms with Gasteiger partial charge in [-0.15, -0.1) is 0 Å². The molecule has 0 aliphatic carbocycles. The van der Waals surface area contributed by atoms with Crippen LogP contribution in [-0.2, 0) is 4.74 Å². The van der Waals surface area contributed by atoms with Gasteiger partial charge in [0.05, 0.1) is 12.7 Å². The van der Waals surface area contributed by atoms with E-state index >= 15 is 0 Å². The van der Waals surface area contributed by atoms with Crippen molar-refractivity contribution >= 4 is 6.29 Å². The largest absolute Gasteiger partial charge is 0.496 e. The van der Waals surface area contributed by atoms with E-state index in [1.807, 2.05) is 36.4 Å². The van der Waals surface area contributed by atoms with Crippen LogP contribution in [0.4, 0.5) is 0 Å². The molecule has 4 nitrogen and oxygen atoms in total. The van der Waals surface area contributed by atoms with Crippen molar-refractivity contribution in [3.05, 3.63) is 48.0 Å². The fraction of sp³-hybridized carbons (Fsp3) is 0.188. The molecule has 0 spiro atoms. The summed E-state index contributed by atoms with van der Waals surface area (Å²) in [5.41, 5.74) is 2.14. The van der Waals surface area contributed by atoms with Gasteiger partial charge in [-0.2, -0.15) is 0 Å². The predicted octanol–water partition coefficient (Wildman–Crippen LogP) is 3.16. The fourth-order valence-corrected chi connectivity index (χ4v) is 2.01. The molecule has 2 aromatic carbocycles. The number of methoxy groups -OCH3 is 2. The first-order valence-corrected chi connectivity index (χ1v) is 6.15. The molecule has 0 fully saturated rings. The van der Waals surface area contributed by atoms with Crippen molar-refractivity contribution in [3.63, 3.8) is 0 Å². The Labute approximate surface area is 117 Å². The molecule has 0 aliphatic heterocycles. The van der Waals surface area contributed by atoms with Crippen LogP contribution in [0, 0.1) is 0 Å². The minimum absolute atomic E-state index is 0.0764. The molecule has 4 heteroatoms. The van der Waals surface area contributed by atoms with Crippen molar-refractivity contribution in [2.75, 3.05) is 21.0 Å². The van der Waals surface area contributed by atoms with Gasteiger partial charge in [0.25, 0.3) is 0 Å². The van der Waals surface area contributed by atoms with Gasteiger partial charge in [-0.05, 0) is 12.1 Å². The van der Waals surface area contributed by atoms with Gasteiger partial charge in [0.1, 0.15) is 11.5 Å². The van der Waals surface area contributed by atoms with E-state index in [9.17, 15) is 4.79 Å². The highest BCUT2D eigenvalue weighted by molar-refractivity contribution is 5.87. The van der Waals surface area contributed by atoms with E-state index in [0.717, 1.165) is 23.2 Å².